The van der Waals surface area contributed by atoms with Crippen LogP contribution in [0.1, 0.15) is 49.3 Å². The van der Waals surface area contributed by atoms with Gasteiger partial charge in [0, 0.05) is 26.3 Å². The molecule has 7 heteroatoms. The standard InChI is InChI=1S/C19H28N4O2.HI/c1-5-24-13-16-9-7-6-8-15(16)11-21-19(20-4)22-12-17-10-18(14(2)3)23-25-17;/h6-10,14H,5,11-13H2,1-4H3,(H2,20,21,22);1H. The molecule has 0 atom stereocenters. The maximum Gasteiger partial charge on any atom is 0.191 e. The quantitative estimate of drug-likeness (QED) is 0.347. The lowest BCUT2D eigenvalue weighted by molar-refractivity contribution is 0.133. The van der Waals surface area contributed by atoms with Crippen LogP contribution < -0.4 is 10.6 Å². The van der Waals surface area contributed by atoms with Crippen molar-refractivity contribution in [2.24, 2.45) is 4.99 Å². The Hall–Kier alpha value is -1.61. The van der Waals surface area contributed by atoms with E-state index in [0.717, 1.165) is 11.5 Å². The average molecular weight is 472 g/mol. The molecule has 144 valence electrons. The van der Waals surface area contributed by atoms with Crippen LogP contribution in [-0.4, -0.2) is 24.8 Å². The van der Waals surface area contributed by atoms with Gasteiger partial charge >= 0.3 is 0 Å². The second-order valence-electron chi connectivity index (χ2n) is 6.06. The summed E-state index contributed by atoms with van der Waals surface area (Å²) in [6, 6.07) is 10.2. The summed E-state index contributed by atoms with van der Waals surface area (Å²) in [5.41, 5.74) is 3.34. The third-order valence-corrected chi connectivity index (χ3v) is 3.85. The monoisotopic (exact) mass is 472 g/mol. The van der Waals surface area contributed by atoms with Crippen molar-refractivity contribution in [2.45, 2.75) is 46.4 Å². The van der Waals surface area contributed by atoms with Gasteiger partial charge < -0.3 is 19.9 Å². The number of hydrogen-bond acceptors (Lipinski definition) is 4. The topological polar surface area (TPSA) is 71.7 Å². The van der Waals surface area contributed by atoms with Crippen molar-refractivity contribution in [3.63, 3.8) is 0 Å². The molecule has 1 heterocycles. The Bertz CT molecular complexity index is 686. The zero-order valence-electron chi connectivity index (χ0n) is 15.9. The first kappa shape index (κ1) is 22.4. The molecule has 0 bridgehead atoms. The van der Waals surface area contributed by atoms with E-state index in [2.05, 4.69) is 46.8 Å². The molecule has 0 spiro atoms. The first-order chi connectivity index (χ1) is 12.1. The van der Waals surface area contributed by atoms with E-state index in [4.69, 9.17) is 9.26 Å². The van der Waals surface area contributed by atoms with Crippen molar-refractivity contribution in [3.8, 4) is 0 Å². The Labute approximate surface area is 172 Å². The van der Waals surface area contributed by atoms with Gasteiger partial charge in [-0.15, -0.1) is 24.0 Å². The number of guanidine groups is 1. The van der Waals surface area contributed by atoms with Gasteiger partial charge in [-0.2, -0.15) is 0 Å². The molecule has 0 radical (unpaired) electrons. The highest BCUT2D eigenvalue weighted by Crippen LogP contribution is 2.14. The number of halogens is 1. The van der Waals surface area contributed by atoms with Crippen molar-refractivity contribution in [1.29, 1.82) is 0 Å². The number of hydrogen-bond donors (Lipinski definition) is 2. The summed E-state index contributed by atoms with van der Waals surface area (Å²) in [5.74, 6) is 1.87. The second kappa shape index (κ2) is 11.9. The molecule has 26 heavy (non-hydrogen) atoms. The lowest BCUT2D eigenvalue weighted by Crippen LogP contribution is -2.36. The van der Waals surface area contributed by atoms with Crippen LogP contribution in [0.4, 0.5) is 0 Å². The minimum absolute atomic E-state index is 0. The van der Waals surface area contributed by atoms with E-state index in [1.165, 1.54) is 11.1 Å². The molecule has 2 aromatic rings. The van der Waals surface area contributed by atoms with Gasteiger partial charge in [0.25, 0.3) is 0 Å². The number of rotatable bonds is 8. The van der Waals surface area contributed by atoms with Gasteiger partial charge in [0.1, 0.15) is 0 Å². The third-order valence-electron chi connectivity index (χ3n) is 3.85. The highest BCUT2D eigenvalue weighted by molar-refractivity contribution is 14.0. The number of nitrogens with zero attached hydrogens (tertiary/aromatic N) is 2. The Morgan fingerprint density at radius 1 is 1.19 bits per heavy atom. The first-order valence-electron chi connectivity index (χ1n) is 8.68. The van der Waals surface area contributed by atoms with Crippen LogP contribution in [-0.2, 0) is 24.4 Å². The normalized spacial score (nSPS) is 11.3. The van der Waals surface area contributed by atoms with E-state index in [1.807, 2.05) is 25.1 Å². The van der Waals surface area contributed by atoms with E-state index in [9.17, 15) is 0 Å². The zero-order valence-corrected chi connectivity index (χ0v) is 18.2. The second-order valence-corrected chi connectivity index (χ2v) is 6.06. The smallest absolute Gasteiger partial charge is 0.191 e. The average Bonchev–Trinajstić information content (AvgIpc) is 3.10. The molecular formula is C19H29IN4O2. The largest absolute Gasteiger partial charge is 0.377 e. The Balaban J connectivity index is 0.00000338. The van der Waals surface area contributed by atoms with Crippen LogP contribution in [0.5, 0.6) is 0 Å². The van der Waals surface area contributed by atoms with E-state index in [1.54, 1.807) is 7.05 Å². The molecule has 0 amide bonds. The van der Waals surface area contributed by atoms with Crippen molar-refractivity contribution in [2.75, 3.05) is 13.7 Å². The fraction of sp³-hybridized carbons (Fsp3) is 0.474. The van der Waals surface area contributed by atoms with Gasteiger partial charge in [0.15, 0.2) is 11.7 Å². The van der Waals surface area contributed by atoms with Crippen LogP contribution >= 0.6 is 24.0 Å². The molecular weight excluding hydrogens is 443 g/mol. The minimum atomic E-state index is 0. The van der Waals surface area contributed by atoms with E-state index in [-0.39, 0.29) is 24.0 Å². The predicted octanol–water partition coefficient (Wildman–Crippen LogP) is 3.82. The summed E-state index contributed by atoms with van der Waals surface area (Å²) in [5, 5.41) is 10.6. The van der Waals surface area contributed by atoms with Gasteiger partial charge in [-0.1, -0.05) is 43.3 Å². The van der Waals surface area contributed by atoms with E-state index in [0.29, 0.717) is 38.2 Å². The number of nitrogens with one attached hydrogen (secondary N) is 2. The lowest BCUT2D eigenvalue weighted by Gasteiger charge is -2.13. The number of ether oxygens (including phenoxy) is 1. The van der Waals surface area contributed by atoms with Crippen LogP contribution in [0.25, 0.3) is 0 Å². The highest BCUT2D eigenvalue weighted by Gasteiger charge is 2.08. The molecule has 0 aliphatic heterocycles. The fourth-order valence-electron chi connectivity index (χ4n) is 2.34. The van der Waals surface area contributed by atoms with E-state index >= 15 is 0 Å². The van der Waals surface area contributed by atoms with Crippen molar-refractivity contribution in [3.05, 3.63) is 52.9 Å². The minimum Gasteiger partial charge on any atom is -0.377 e. The van der Waals surface area contributed by atoms with Gasteiger partial charge in [-0.25, -0.2) is 0 Å². The van der Waals surface area contributed by atoms with Crippen LogP contribution in [0.2, 0.25) is 0 Å². The van der Waals surface area contributed by atoms with Gasteiger partial charge in [0.05, 0.1) is 18.8 Å². The Morgan fingerprint density at radius 2 is 1.88 bits per heavy atom. The highest BCUT2D eigenvalue weighted by atomic mass is 127. The molecule has 0 aliphatic carbocycles. The van der Waals surface area contributed by atoms with Gasteiger partial charge in [-0.05, 0) is 24.0 Å². The van der Waals surface area contributed by atoms with Crippen molar-refractivity contribution < 1.29 is 9.26 Å². The van der Waals surface area contributed by atoms with Crippen LogP contribution in [0.3, 0.4) is 0 Å². The molecule has 0 aliphatic rings. The summed E-state index contributed by atoms with van der Waals surface area (Å²) >= 11 is 0. The van der Waals surface area contributed by atoms with E-state index < -0.39 is 0 Å². The maximum absolute atomic E-state index is 5.53. The summed E-state index contributed by atoms with van der Waals surface area (Å²) in [7, 11) is 1.75. The molecule has 1 aromatic heterocycles. The van der Waals surface area contributed by atoms with Gasteiger partial charge in [-0.3, -0.25) is 4.99 Å². The van der Waals surface area contributed by atoms with Crippen molar-refractivity contribution in [1.82, 2.24) is 15.8 Å². The molecule has 0 saturated heterocycles. The lowest BCUT2D eigenvalue weighted by atomic mass is 10.1. The maximum atomic E-state index is 5.53. The number of aliphatic imine (C=N–C) groups is 1. The Kier molecular flexibility index (Phi) is 10.3. The molecule has 0 unspecified atom stereocenters. The van der Waals surface area contributed by atoms with Gasteiger partial charge in [0.2, 0.25) is 0 Å². The zero-order chi connectivity index (χ0) is 18.1. The SMILES string of the molecule is CCOCc1ccccc1CNC(=NC)NCc1cc(C(C)C)no1.I. The summed E-state index contributed by atoms with van der Waals surface area (Å²) in [4.78, 5) is 4.25. The van der Waals surface area contributed by atoms with Crippen LogP contribution in [0.15, 0.2) is 39.8 Å². The summed E-state index contributed by atoms with van der Waals surface area (Å²) in [6.45, 7) is 8.73. The molecule has 6 nitrogen and oxygen atoms in total. The number of benzene rings is 1. The molecule has 1 aromatic carbocycles. The first-order valence-corrected chi connectivity index (χ1v) is 8.68. The molecule has 0 fully saturated rings. The molecule has 2 N–H and O–H groups in total. The van der Waals surface area contributed by atoms with Crippen LogP contribution in [0, 0.1) is 0 Å². The molecule has 2 rings (SSSR count). The third kappa shape index (κ3) is 6.95. The number of aromatic nitrogens is 1. The van der Waals surface area contributed by atoms with Crippen molar-refractivity contribution >= 4 is 29.9 Å². The summed E-state index contributed by atoms with van der Waals surface area (Å²) in [6.07, 6.45) is 0. The summed E-state index contributed by atoms with van der Waals surface area (Å²) < 4.78 is 10.9. The Morgan fingerprint density at radius 3 is 2.50 bits per heavy atom. The predicted molar refractivity (Wildman–Crippen MR) is 115 cm³/mol. The molecule has 0 saturated carbocycles. The fourth-order valence-corrected chi connectivity index (χ4v) is 2.34.